The van der Waals surface area contributed by atoms with E-state index in [2.05, 4.69) is 29.0 Å². The van der Waals surface area contributed by atoms with Gasteiger partial charge in [0.2, 0.25) is 5.43 Å². The van der Waals surface area contributed by atoms with Crippen molar-refractivity contribution in [3.8, 4) is 0 Å². The molecule has 1 amide bonds. The standard InChI is InChI=1S/C17H22FN3O2.ClH/c1-3-21(4-2)9-5-8-19-17(23)14-11-20-15-10-12(18)6-7-13(15)16(14)22;/h6-7,10-11H,3-5,8-9H2,1-2H3,(H,19,23)(H,20,22);1H. The van der Waals surface area contributed by atoms with Gasteiger partial charge in [-0.3, -0.25) is 9.59 Å². The van der Waals surface area contributed by atoms with E-state index in [0.29, 0.717) is 17.4 Å². The number of benzene rings is 1. The smallest absolute Gasteiger partial charge is 0.256 e. The Morgan fingerprint density at radius 1 is 1.29 bits per heavy atom. The largest absolute Gasteiger partial charge is 0.360 e. The number of H-pyrrole nitrogens is 1. The van der Waals surface area contributed by atoms with Gasteiger partial charge < -0.3 is 15.2 Å². The second kappa shape index (κ2) is 9.39. The molecule has 0 radical (unpaired) electrons. The van der Waals surface area contributed by atoms with Crippen LogP contribution in [-0.2, 0) is 0 Å². The summed E-state index contributed by atoms with van der Waals surface area (Å²) in [6.45, 7) is 7.56. The molecule has 0 saturated heterocycles. The van der Waals surface area contributed by atoms with Gasteiger partial charge in [0.1, 0.15) is 11.4 Å². The van der Waals surface area contributed by atoms with Gasteiger partial charge in [0, 0.05) is 18.1 Å². The van der Waals surface area contributed by atoms with Crippen LogP contribution in [0.5, 0.6) is 0 Å². The first-order valence-electron chi connectivity index (χ1n) is 7.88. The third-order valence-electron chi connectivity index (χ3n) is 3.92. The van der Waals surface area contributed by atoms with Crippen LogP contribution in [-0.4, -0.2) is 42.0 Å². The molecule has 7 heteroatoms. The summed E-state index contributed by atoms with van der Waals surface area (Å²) >= 11 is 0. The minimum Gasteiger partial charge on any atom is -0.360 e. The Hall–Kier alpha value is -1.92. The molecule has 2 N–H and O–H groups in total. The lowest BCUT2D eigenvalue weighted by molar-refractivity contribution is 0.0950. The Morgan fingerprint density at radius 2 is 2.00 bits per heavy atom. The fourth-order valence-electron chi connectivity index (χ4n) is 2.50. The zero-order valence-electron chi connectivity index (χ0n) is 13.9. The van der Waals surface area contributed by atoms with E-state index in [1.807, 2.05) is 0 Å². The van der Waals surface area contributed by atoms with Gasteiger partial charge in [-0.15, -0.1) is 12.4 Å². The van der Waals surface area contributed by atoms with Gasteiger partial charge in [0.15, 0.2) is 0 Å². The highest BCUT2D eigenvalue weighted by molar-refractivity contribution is 5.97. The number of aromatic nitrogens is 1. The molecule has 0 atom stereocenters. The van der Waals surface area contributed by atoms with Crippen LogP contribution in [0.1, 0.15) is 30.6 Å². The lowest BCUT2D eigenvalue weighted by Crippen LogP contribution is -2.32. The molecule has 0 aliphatic rings. The number of nitrogens with one attached hydrogen (secondary N) is 2. The molecule has 0 unspecified atom stereocenters. The molecule has 1 heterocycles. The Labute approximate surface area is 146 Å². The van der Waals surface area contributed by atoms with Crippen molar-refractivity contribution in [1.29, 1.82) is 0 Å². The maximum atomic E-state index is 13.2. The molecule has 0 aliphatic carbocycles. The van der Waals surface area contributed by atoms with Gasteiger partial charge >= 0.3 is 0 Å². The third-order valence-corrected chi connectivity index (χ3v) is 3.92. The van der Waals surface area contributed by atoms with Gasteiger partial charge in [0.05, 0.1) is 5.52 Å². The van der Waals surface area contributed by atoms with Crippen molar-refractivity contribution in [1.82, 2.24) is 15.2 Å². The molecule has 0 fully saturated rings. The fourth-order valence-corrected chi connectivity index (χ4v) is 2.50. The summed E-state index contributed by atoms with van der Waals surface area (Å²) in [6.07, 6.45) is 2.16. The predicted molar refractivity (Wildman–Crippen MR) is 96.5 cm³/mol. The number of amides is 1. The number of hydrogen-bond acceptors (Lipinski definition) is 3. The lowest BCUT2D eigenvalue weighted by atomic mass is 10.1. The van der Waals surface area contributed by atoms with Crippen LogP contribution in [0.15, 0.2) is 29.2 Å². The van der Waals surface area contributed by atoms with Crippen molar-refractivity contribution >= 4 is 29.2 Å². The zero-order chi connectivity index (χ0) is 16.8. The number of pyridine rings is 1. The number of carbonyl (C=O) groups is 1. The minimum absolute atomic E-state index is 0. The van der Waals surface area contributed by atoms with Gasteiger partial charge in [-0.05, 0) is 44.3 Å². The molecule has 0 bridgehead atoms. The molecule has 0 saturated carbocycles. The number of aromatic amines is 1. The van der Waals surface area contributed by atoms with Crippen LogP contribution in [0.2, 0.25) is 0 Å². The molecule has 132 valence electrons. The maximum absolute atomic E-state index is 13.2. The number of fused-ring (bicyclic) bond motifs is 1. The average molecular weight is 356 g/mol. The quantitative estimate of drug-likeness (QED) is 0.750. The summed E-state index contributed by atoms with van der Waals surface area (Å²) in [5, 5.41) is 3.07. The Kier molecular flexibility index (Phi) is 7.88. The van der Waals surface area contributed by atoms with Crippen LogP contribution in [0.4, 0.5) is 4.39 Å². The van der Waals surface area contributed by atoms with Crippen molar-refractivity contribution in [2.75, 3.05) is 26.2 Å². The van der Waals surface area contributed by atoms with E-state index >= 15 is 0 Å². The molecule has 5 nitrogen and oxygen atoms in total. The van der Waals surface area contributed by atoms with Crippen LogP contribution >= 0.6 is 12.4 Å². The molecule has 0 spiro atoms. The van der Waals surface area contributed by atoms with Crippen LogP contribution in [0.25, 0.3) is 10.9 Å². The van der Waals surface area contributed by atoms with Gasteiger partial charge in [-0.1, -0.05) is 13.8 Å². The predicted octanol–water partition coefficient (Wildman–Crippen LogP) is 2.55. The zero-order valence-corrected chi connectivity index (χ0v) is 14.7. The number of rotatable bonds is 7. The summed E-state index contributed by atoms with van der Waals surface area (Å²) < 4.78 is 13.2. The summed E-state index contributed by atoms with van der Waals surface area (Å²) in [5.74, 6) is -0.834. The first kappa shape index (κ1) is 20.1. The second-order valence-electron chi connectivity index (χ2n) is 5.36. The second-order valence-corrected chi connectivity index (χ2v) is 5.36. The molecular formula is C17H23ClFN3O2. The van der Waals surface area contributed by atoms with Crippen molar-refractivity contribution in [2.24, 2.45) is 0 Å². The topological polar surface area (TPSA) is 65.2 Å². The number of nitrogens with zero attached hydrogens (tertiary/aromatic N) is 1. The van der Waals surface area contributed by atoms with E-state index in [0.717, 1.165) is 26.1 Å². The minimum atomic E-state index is -0.429. The van der Waals surface area contributed by atoms with Gasteiger partial charge in [-0.2, -0.15) is 0 Å². The van der Waals surface area contributed by atoms with E-state index in [9.17, 15) is 14.0 Å². The molecule has 1 aromatic carbocycles. The molecule has 2 aromatic rings. The molecule has 2 rings (SSSR count). The summed E-state index contributed by atoms with van der Waals surface area (Å²) in [4.78, 5) is 29.5. The summed E-state index contributed by atoms with van der Waals surface area (Å²) in [5.41, 5.74) is 0.0417. The fraction of sp³-hybridized carbons (Fsp3) is 0.412. The molecule has 0 aliphatic heterocycles. The van der Waals surface area contributed by atoms with E-state index in [1.54, 1.807) is 0 Å². The van der Waals surface area contributed by atoms with Crippen molar-refractivity contribution in [3.05, 3.63) is 46.0 Å². The van der Waals surface area contributed by atoms with Crippen molar-refractivity contribution in [3.63, 3.8) is 0 Å². The summed E-state index contributed by atoms with van der Waals surface area (Å²) in [7, 11) is 0. The number of hydrogen-bond donors (Lipinski definition) is 2. The highest BCUT2D eigenvalue weighted by atomic mass is 35.5. The van der Waals surface area contributed by atoms with E-state index < -0.39 is 11.7 Å². The maximum Gasteiger partial charge on any atom is 0.256 e. The van der Waals surface area contributed by atoms with Gasteiger partial charge in [-0.25, -0.2) is 4.39 Å². The van der Waals surface area contributed by atoms with Crippen LogP contribution in [0.3, 0.4) is 0 Å². The normalized spacial score (nSPS) is 10.7. The SMILES string of the molecule is CCN(CC)CCCNC(=O)c1c[nH]c2cc(F)ccc2c1=O.Cl. The van der Waals surface area contributed by atoms with E-state index in [-0.39, 0.29) is 23.4 Å². The Bertz CT molecular complexity index is 744. The highest BCUT2D eigenvalue weighted by Crippen LogP contribution is 2.10. The highest BCUT2D eigenvalue weighted by Gasteiger charge is 2.13. The van der Waals surface area contributed by atoms with Crippen LogP contribution < -0.4 is 10.7 Å². The average Bonchev–Trinajstić information content (AvgIpc) is 2.55. The number of halogens is 2. The first-order chi connectivity index (χ1) is 11.1. The van der Waals surface area contributed by atoms with Crippen LogP contribution in [0, 0.1) is 5.82 Å². The van der Waals surface area contributed by atoms with Crippen molar-refractivity contribution < 1.29 is 9.18 Å². The third kappa shape index (κ3) is 4.79. The first-order valence-corrected chi connectivity index (χ1v) is 7.88. The van der Waals surface area contributed by atoms with Gasteiger partial charge in [0.25, 0.3) is 5.91 Å². The van der Waals surface area contributed by atoms with E-state index in [1.165, 1.54) is 24.4 Å². The van der Waals surface area contributed by atoms with Crippen molar-refractivity contribution in [2.45, 2.75) is 20.3 Å². The molecule has 24 heavy (non-hydrogen) atoms. The summed E-state index contributed by atoms with van der Waals surface area (Å²) in [6, 6.07) is 3.84. The van der Waals surface area contributed by atoms with E-state index in [4.69, 9.17) is 0 Å². The molecular weight excluding hydrogens is 333 g/mol. The monoisotopic (exact) mass is 355 g/mol. The lowest BCUT2D eigenvalue weighted by Gasteiger charge is -2.17. The molecule has 1 aromatic heterocycles. The Balaban J connectivity index is 0.00000288. The number of carbonyl (C=O) groups excluding carboxylic acids is 1. The Morgan fingerprint density at radius 3 is 2.67 bits per heavy atom.